The van der Waals surface area contributed by atoms with Gasteiger partial charge in [0, 0.05) is 50.4 Å². The first kappa shape index (κ1) is 21.2. The number of carbonyl (C=O) groups is 1. The molecule has 7 nitrogen and oxygen atoms in total. The second-order valence-electron chi connectivity index (χ2n) is 7.94. The minimum Gasteiger partial charge on any atom is -0.340 e. The van der Waals surface area contributed by atoms with E-state index in [0.717, 1.165) is 34.9 Å². The van der Waals surface area contributed by atoms with E-state index in [9.17, 15) is 9.59 Å². The van der Waals surface area contributed by atoms with Crippen molar-refractivity contribution in [2.75, 3.05) is 26.2 Å². The number of fused-ring (bicyclic) bond motifs is 1. The highest BCUT2D eigenvalue weighted by molar-refractivity contribution is 7.18. The number of hydrogen-bond donors (Lipinski definition) is 1. The molecule has 0 atom stereocenters. The van der Waals surface area contributed by atoms with Gasteiger partial charge < -0.3 is 9.88 Å². The van der Waals surface area contributed by atoms with Crippen molar-refractivity contribution in [3.8, 4) is 6.07 Å². The van der Waals surface area contributed by atoms with Crippen LogP contribution in [0.2, 0.25) is 0 Å². The van der Waals surface area contributed by atoms with Crippen molar-refractivity contribution in [1.29, 1.82) is 5.26 Å². The van der Waals surface area contributed by atoms with Gasteiger partial charge in [-0.1, -0.05) is 12.1 Å². The van der Waals surface area contributed by atoms with E-state index in [1.807, 2.05) is 43.0 Å². The number of nitriles is 1. The third-order valence-corrected chi connectivity index (χ3v) is 6.98. The Hall–Kier alpha value is -3.02. The van der Waals surface area contributed by atoms with Gasteiger partial charge in [0.15, 0.2) is 0 Å². The molecule has 0 spiro atoms. The molecule has 0 aliphatic carbocycles. The van der Waals surface area contributed by atoms with Crippen molar-refractivity contribution >= 4 is 27.5 Å². The molecular formula is C23H25N5O2S. The molecule has 1 saturated heterocycles. The van der Waals surface area contributed by atoms with Crippen molar-refractivity contribution in [2.45, 2.75) is 33.2 Å². The van der Waals surface area contributed by atoms with Crippen LogP contribution in [0.15, 0.2) is 29.1 Å². The van der Waals surface area contributed by atoms with Gasteiger partial charge >= 0.3 is 0 Å². The Morgan fingerprint density at radius 1 is 1.19 bits per heavy atom. The SMILES string of the molecule is Cc1sc2nc(CCC(=O)N3CCN(Cc4ccc(C#N)cc4)CC3)[nH]c(=O)c2c1C. The Morgan fingerprint density at radius 2 is 1.90 bits per heavy atom. The van der Waals surface area contributed by atoms with E-state index in [4.69, 9.17) is 5.26 Å². The molecule has 31 heavy (non-hydrogen) atoms. The summed E-state index contributed by atoms with van der Waals surface area (Å²) in [5.74, 6) is 0.672. The predicted octanol–water partition coefficient (Wildman–Crippen LogP) is 2.75. The highest BCUT2D eigenvalue weighted by atomic mass is 32.1. The minimum atomic E-state index is -0.120. The normalized spacial score (nSPS) is 14.7. The topological polar surface area (TPSA) is 93.1 Å². The maximum atomic E-state index is 12.7. The lowest BCUT2D eigenvalue weighted by Crippen LogP contribution is -2.48. The Balaban J connectivity index is 1.29. The van der Waals surface area contributed by atoms with Crippen LogP contribution in [0.1, 0.15) is 33.8 Å². The maximum absolute atomic E-state index is 12.7. The summed E-state index contributed by atoms with van der Waals surface area (Å²) in [5, 5.41) is 9.56. The molecule has 2 aromatic heterocycles. The second kappa shape index (κ2) is 9.00. The summed E-state index contributed by atoms with van der Waals surface area (Å²) >= 11 is 1.52. The zero-order valence-electron chi connectivity index (χ0n) is 17.8. The lowest BCUT2D eigenvalue weighted by Gasteiger charge is -2.34. The van der Waals surface area contributed by atoms with Gasteiger partial charge in [0.25, 0.3) is 5.56 Å². The quantitative estimate of drug-likeness (QED) is 0.665. The number of H-pyrrole nitrogens is 1. The van der Waals surface area contributed by atoms with Gasteiger partial charge in [0.05, 0.1) is 17.0 Å². The van der Waals surface area contributed by atoms with Crippen LogP contribution in [0.3, 0.4) is 0 Å². The highest BCUT2D eigenvalue weighted by Crippen LogP contribution is 2.25. The maximum Gasteiger partial charge on any atom is 0.259 e. The van der Waals surface area contributed by atoms with Gasteiger partial charge in [-0.3, -0.25) is 14.5 Å². The first-order valence-electron chi connectivity index (χ1n) is 10.4. The smallest absolute Gasteiger partial charge is 0.259 e. The molecular weight excluding hydrogens is 410 g/mol. The Morgan fingerprint density at radius 3 is 2.58 bits per heavy atom. The van der Waals surface area contributed by atoms with E-state index in [1.165, 1.54) is 16.9 Å². The average molecular weight is 436 g/mol. The zero-order valence-corrected chi connectivity index (χ0v) is 18.6. The molecule has 0 saturated carbocycles. The van der Waals surface area contributed by atoms with Gasteiger partial charge in [-0.25, -0.2) is 4.98 Å². The van der Waals surface area contributed by atoms with Crippen LogP contribution in [0.4, 0.5) is 0 Å². The number of benzene rings is 1. The first-order chi connectivity index (χ1) is 14.9. The highest BCUT2D eigenvalue weighted by Gasteiger charge is 2.21. The average Bonchev–Trinajstić information content (AvgIpc) is 3.07. The van der Waals surface area contributed by atoms with E-state index in [0.29, 0.717) is 42.7 Å². The summed E-state index contributed by atoms with van der Waals surface area (Å²) < 4.78 is 0. The summed E-state index contributed by atoms with van der Waals surface area (Å²) in [6.45, 7) is 7.78. The largest absolute Gasteiger partial charge is 0.340 e. The van der Waals surface area contributed by atoms with Crippen LogP contribution in [-0.4, -0.2) is 51.9 Å². The fourth-order valence-corrected chi connectivity index (χ4v) is 4.95. The molecule has 160 valence electrons. The summed E-state index contributed by atoms with van der Waals surface area (Å²) in [6, 6.07) is 9.77. The number of piperazine rings is 1. The third kappa shape index (κ3) is 4.68. The molecule has 4 rings (SSSR count). The summed E-state index contributed by atoms with van der Waals surface area (Å²) in [5.41, 5.74) is 2.70. The van der Waals surface area contributed by atoms with Crippen molar-refractivity contribution in [1.82, 2.24) is 19.8 Å². The number of aromatic nitrogens is 2. The molecule has 0 radical (unpaired) electrons. The van der Waals surface area contributed by atoms with Crippen LogP contribution in [-0.2, 0) is 17.8 Å². The molecule has 8 heteroatoms. The third-order valence-electron chi connectivity index (χ3n) is 5.88. The van der Waals surface area contributed by atoms with Gasteiger partial charge in [-0.05, 0) is 37.1 Å². The summed E-state index contributed by atoms with van der Waals surface area (Å²) in [7, 11) is 0. The molecule has 0 unspecified atom stereocenters. The molecule has 3 heterocycles. The van der Waals surface area contributed by atoms with Crippen LogP contribution in [0.5, 0.6) is 0 Å². The second-order valence-corrected chi connectivity index (χ2v) is 9.14. The minimum absolute atomic E-state index is 0.0966. The van der Waals surface area contributed by atoms with Gasteiger partial charge in [-0.2, -0.15) is 5.26 Å². The van der Waals surface area contributed by atoms with Crippen molar-refractivity contribution in [3.05, 3.63) is 62.0 Å². The van der Waals surface area contributed by atoms with Crippen LogP contribution >= 0.6 is 11.3 Å². The number of hydrogen-bond acceptors (Lipinski definition) is 6. The number of aromatic amines is 1. The van der Waals surface area contributed by atoms with Crippen LogP contribution in [0.25, 0.3) is 10.2 Å². The number of carbonyl (C=O) groups excluding carboxylic acids is 1. The number of rotatable bonds is 5. The van der Waals surface area contributed by atoms with E-state index in [1.54, 1.807) is 0 Å². The Bertz CT molecular complexity index is 1200. The lowest BCUT2D eigenvalue weighted by atomic mass is 10.1. The van der Waals surface area contributed by atoms with Crippen LogP contribution < -0.4 is 5.56 Å². The molecule has 1 N–H and O–H groups in total. The van der Waals surface area contributed by atoms with E-state index >= 15 is 0 Å². The van der Waals surface area contributed by atoms with E-state index in [2.05, 4.69) is 20.9 Å². The molecule has 3 aromatic rings. The molecule has 1 amide bonds. The number of nitrogens with zero attached hydrogens (tertiary/aromatic N) is 4. The standard InChI is InChI=1S/C23H25N5O2S/c1-15-16(2)31-23-21(15)22(30)25-19(26-23)7-8-20(29)28-11-9-27(10-12-28)14-18-5-3-17(13-24)4-6-18/h3-6H,7-12,14H2,1-2H3,(H,25,26,30). The molecule has 1 fully saturated rings. The van der Waals surface area contributed by atoms with Gasteiger partial charge in [0.2, 0.25) is 5.91 Å². The predicted molar refractivity (Wildman–Crippen MR) is 121 cm³/mol. The Labute approximate surface area is 184 Å². The summed E-state index contributed by atoms with van der Waals surface area (Å²) in [4.78, 5) is 38.5. The van der Waals surface area contributed by atoms with Crippen molar-refractivity contribution in [2.24, 2.45) is 0 Å². The monoisotopic (exact) mass is 435 g/mol. The first-order valence-corrected chi connectivity index (χ1v) is 11.2. The van der Waals surface area contributed by atoms with Crippen molar-refractivity contribution < 1.29 is 4.79 Å². The zero-order chi connectivity index (χ0) is 22.0. The summed E-state index contributed by atoms with van der Waals surface area (Å²) in [6.07, 6.45) is 0.777. The Kier molecular flexibility index (Phi) is 6.16. The molecule has 1 aromatic carbocycles. The molecule has 1 aliphatic heterocycles. The fourth-order valence-electron chi connectivity index (χ4n) is 3.90. The molecule has 1 aliphatic rings. The number of aryl methyl sites for hydroxylation is 3. The van der Waals surface area contributed by atoms with E-state index < -0.39 is 0 Å². The number of nitrogens with one attached hydrogen (secondary N) is 1. The van der Waals surface area contributed by atoms with Gasteiger partial charge in [-0.15, -0.1) is 11.3 Å². The lowest BCUT2D eigenvalue weighted by molar-refractivity contribution is -0.133. The van der Waals surface area contributed by atoms with E-state index in [-0.39, 0.29) is 11.5 Å². The molecule has 0 bridgehead atoms. The number of thiophene rings is 1. The van der Waals surface area contributed by atoms with Gasteiger partial charge in [0.1, 0.15) is 10.7 Å². The van der Waals surface area contributed by atoms with Crippen LogP contribution in [0, 0.1) is 25.2 Å². The number of amides is 1. The van der Waals surface area contributed by atoms with Crippen molar-refractivity contribution in [3.63, 3.8) is 0 Å². The fraction of sp³-hybridized carbons (Fsp3) is 0.391.